The number of aryl methyl sites for hydroxylation is 1. The van der Waals surface area contributed by atoms with Crippen LogP contribution in [0.4, 0.5) is 0 Å². The maximum Gasteiger partial charge on any atom is 0.280 e. The topological polar surface area (TPSA) is 61.2 Å². The molecule has 0 saturated heterocycles. The van der Waals surface area contributed by atoms with E-state index in [1.54, 1.807) is 0 Å². The fraction of sp³-hybridized carbons (Fsp3) is 0.769. The van der Waals surface area contributed by atoms with Crippen LogP contribution >= 0.6 is 10.7 Å². The molecule has 1 aromatic rings. The van der Waals surface area contributed by atoms with E-state index in [0.29, 0.717) is 19.1 Å². The predicted octanol–water partition coefficient (Wildman–Crippen LogP) is 2.83. The molecule has 0 aliphatic carbocycles. The number of rotatable bonds is 9. The Morgan fingerprint density at radius 3 is 2.65 bits per heavy atom. The Morgan fingerprint density at radius 1 is 1.40 bits per heavy atom. The van der Waals surface area contributed by atoms with Crippen LogP contribution in [0.15, 0.2) is 11.2 Å². The maximum absolute atomic E-state index is 11.3. The second kappa shape index (κ2) is 8.00. The maximum atomic E-state index is 11.3. The van der Waals surface area contributed by atoms with Gasteiger partial charge >= 0.3 is 0 Å². The lowest BCUT2D eigenvalue weighted by molar-refractivity contribution is 0.115. The van der Waals surface area contributed by atoms with Crippen molar-refractivity contribution in [1.29, 1.82) is 0 Å². The number of hydrogen-bond donors (Lipinski definition) is 0. The number of halogens is 1. The average Bonchev–Trinajstić information content (AvgIpc) is 2.72. The monoisotopic (exact) mass is 322 g/mol. The highest BCUT2D eigenvalue weighted by molar-refractivity contribution is 8.13. The van der Waals surface area contributed by atoms with Crippen LogP contribution in [0.2, 0.25) is 0 Å². The van der Waals surface area contributed by atoms with Crippen LogP contribution < -0.4 is 0 Å². The third-order valence-corrected chi connectivity index (χ3v) is 4.05. The Balaban J connectivity index is 2.61. The van der Waals surface area contributed by atoms with Crippen molar-refractivity contribution in [1.82, 2.24) is 9.55 Å². The lowest BCUT2D eigenvalue weighted by Gasteiger charge is -2.09. The first-order valence-electron chi connectivity index (χ1n) is 6.93. The van der Waals surface area contributed by atoms with Gasteiger partial charge in [0.2, 0.25) is 0 Å². The van der Waals surface area contributed by atoms with Crippen LogP contribution in [0.1, 0.15) is 39.4 Å². The van der Waals surface area contributed by atoms with Gasteiger partial charge in [0, 0.05) is 36.5 Å². The Kier molecular flexibility index (Phi) is 6.99. The second-order valence-electron chi connectivity index (χ2n) is 5.17. The third-order valence-electron chi connectivity index (χ3n) is 2.88. The van der Waals surface area contributed by atoms with Gasteiger partial charge < -0.3 is 9.30 Å². The fourth-order valence-corrected chi connectivity index (χ4v) is 2.44. The van der Waals surface area contributed by atoms with Gasteiger partial charge in [0.1, 0.15) is 5.82 Å². The summed E-state index contributed by atoms with van der Waals surface area (Å²) in [5.41, 5.74) is 0. The lowest BCUT2D eigenvalue weighted by Crippen LogP contribution is -2.10. The standard InChI is InChI=1S/C13H23ClN2O3S/c1-4-5-12-15-13(20(14,17)18)10-16(12)7-9-19-8-6-11(2)3/h10-11H,4-9H2,1-3H3. The molecule has 20 heavy (non-hydrogen) atoms. The zero-order valence-electron chi connectivity index (χ0n) is 12.3. The highest BCUT2D eigenvalue weighted by atomic mass is 35.7. The summed E-state index contributed by atoms with van der Waals surface area (Å²) in [5, 5.41) is -0.0789. The van der Waals surface area contributed by atoms with Gasteiger partial charge in [-0.3, -0.25) is 0 Å². The van der Waals surface area contributed by atoms with Gasteiger partial charge in [-0.25, -0.2) is 13.4 Å². The number of hydrogen-bond acceptors (Lipinski definition) is 4. The molecular weight excluding hydrogens is 300 g/mol. The quantitative estimate of drug-likeness (QED) is 0.518. The van der Waals surface area contributed by atoms with E-state index in [9.17, 15) is 8.42 Å². The first-order valence-corrected chi connectivity index (χ1v) is 9.24. The molecular formula is C13H23ClN2O3S. The smallest absolute Gasteiger partial charge is 0.280 e. The van der Waals surface area contributed by atoms with E-state index in [0.717, 1.165) is 31.7 Å². The fourth-order valence-electron chi connectivity index (χ4n) is 1.75. The summed E-state index contributed by atoms with van der Waals surface area (Å²) in [7, 11) is 1.56. The minimum atomic E-state index is -3.77. The van der Waals surface area contributed by atoms with Gasteiger partial charge in [-0.1, -0.05) is 20.8 Å². The molecule has 0 radical (unpaired) electrons. The number of aromatic nitrogens is 2. The minimum Gasteiger partial charge on any atom is -0.380 e. The molecule has 0 spiro atoms. The second-order valence-corrected chi connectivity index (χ2v) is 7.68. The molecule has 0 saturated carbocycles. The highest BCUT2D eigenvalue weighted by Gasteiger charge is 2.17. The Bertz CT molecular complexity index is 512. The van der Waals surface area contributed by atoms with E-state index in [1.165, 1.54) is 6.20 Å². The van der Waals surface area contributed by atoms with Crippen molar-refractivity contribution >= 4 is 19.7 Å². The summed E-state index contributed by atoms with van der Waals surface area (Å²) in [6, 6.07) is 0. The van der Waals surface area contributed by atoms with Crippen molar-refractivity contribution in [3.8, 4) is 0 Å². The summed E-state index contributed by atoms with van der Waals surface area (Å²) in [5.74, 6) is 1.35. The van der Waals surface area contributed by atoms with Crippen molar-refractivity contribution in [3.05, 3.63) is 12.0 Å². The summed E-state index contributed by atoms with van der Waals surface area (Å²) in [4.78, 5) is 4.09. The SMILES string of the molecule is CCCc1nc(S(=O)(=O)Cl)cn1CCOCCC(C)C. The van der Waals surface area contributed by atoms with Crippen LogP contribution in [0.25, 0.3) is 0 Å². The van der Waals surface area contributed by atoms with Crippen molar-refractivity contribution in [2.75, 3.05) is 13.2 Å². The van der Waals surface area contributed by atoms with Crippen molar-refractivity contribution in [2.24, 2.45) is 5.92 Å². The molecule has 0 fully saturated rings. The lowest BCUT2D eigenvalue weighted by atomic mass is 10.1. The normalized spacial score (nSPS) is 12.2. The largest absolute Gasteiger partial charge is 0.380 e. The minimum absolute atomic E-state index is 0.0789. The molecule has 7 heteroatoms. The molecule has 5 nitrogen and oxygen atoms in total. The molecule has 0 atom stereocenters. The van der Waals surface area contributed by atoms with Crippen molar-refractivity contribution < 1.29 is 13.2 Å². The van der Waals surface area contributed by atoms with Crippen LogP contribution in [0, 0.1) is 5.92 Å². The molecule has 1 rings (SSSR count). The molecule has 1 aromatic heterocycles. The Hall–Kier alpha value is -0.590. The molecule has 1 heterocycles. The summed E-state index contributed by atoms with van der Waals surface area (Å²) in [6.45, 7) is 8.17. The molecule has 116 valence electrons. The Labute approximate surface area is 125 Å². The molecule has 0 aromatic carbocycles. The van der Waals surface area contributed by atoms with E-state index in [1.807, 2.05) is 11.5 Å². The van der Waals surface area contributed by atoms with E-state index in [-0.39, 0.29) is 5.03 Å². The number of nitrogens with zero attached hydrogens (tertiary/aromatic N) is 2. The van der Waals surface area contributed by atoms with Gasteiger partial charge in [-0.05, 0) is 18.8 Å². The predicted molar refractivity (Wildman–Crippen MR) is 79.5 cm³/mol. The van der Waals surface area contributed by atoms with Crippen LogP contribution in [0.5, 0.6) is 0 Å². The molecule has 0 N–H and O–H groups in total. The highest BCUT2D eigenvalue weighted by Crippen LogP contribution is 2.15. The van der Waals surface area contributed by atoms with Crippen LogP contribution in [-0.4, -0.2) is 31.2 Å². The third kappa shape index (κ3) is 5.81. The van der Waals surface area contributed by atoms with Gasteiger partial charge in [-0.2, -0.15) is 0 Å². The molecule has 0 bridgehead atoms. The van der Waals surface area contributed by atoms with E-state index in [4.69, 9.17) is 15.4 Å². The zero-order valence-corrected chi connectivity index (χ0v) is 13.9. The average molecular weight is 323 g/mol. The number of ether oxygens (including phenoxy) is 1. The van der Waals surface area contributed by atoms with E-state index >= 15 is 0 Å². The van der Waals surface area contributed by atoms with Crippen LogP contribution in [0.3, 0.4) is 0 Å². The van der Waals surface area contributed by atoms with Gasteiger partial charge in [0.25, 0.3) is 9.05 Å². The van der Waals surface area contributed by atoms with Gasteiger partial charge in [0.15, 0.2) is 5.03 Å². The van der Waals surface area contributed by atoms with E-state index < -0.39 is 9.05 Å². The zero-order chi connectivity index (χ0) is 15.2. The van der Waals surface area contributed by atoms with Crippen molar-refractivity contribution in [3.63, 3.8) is 0 Å². The molecule has 0 amide bonds. The van der Waals surface area contributed by atoms with Gasteiger partial charge in [0.05, 0.1) is 6.61 Å². The van der Waals surface area contributed by atoms with Gasteiger partial charge in [-0.15, -0.1) is 0 Å². The number of imidazole rings is 1. The van der Waals surface area contributed by atoms with Crippen molar-refractivity contribution in [2.45, 2.75) is 51.6 Å². The van der Waals surface area contributed by atoms with E-state index in [2.05, 4.69) is 18.8 Å². The Morgan fingerprint density at radius 2 is 2.10 bits per heavy atom. The summed E-state index contributed by atoms with van der Waals surface area (Å²) >= 11 is 0. The molecule has 0 unspecified atom stereocenters. The molecule has 0 aliphatic rings. The summed E-state index contributed by atoms with van der Waals surface area (Å²) in [6.07, 6.45) is 4.12. The molecule has 0 aliphatic heterocycles. The first kappa shape index (κ1) is 17.5. The summed E-state index contributed by atoms with van der Waals surface area (Å²) < 4.78 is 30.0. The first-order chi connectivity index (χ1) is 9.34. The van der Waals surface area contributed by atoms with Crippen LogP contribution in [-0.2, 0) is 26.8 Å².